The molecule has 0 aromatic carbocycles. The summed E-state index contributed by atoms with van der Waals surface area (Å²) in [6.45, 7) is 8.49. The molecule has 0 saturated heterocycles. The average molecular weight is 272 g/mol. The van der Waals surface area contributed by atoms with Crippen LogP contribution in [0, 0.1) is 0 Å². The van der Waals surface area contributed by atoms with Gasteiger partial charge >= 0.3 is 0 Å². The molecule has 0 spiro atoms. The molecule has 3 heterocycles. The molecule has 0 amide bonds. The summed E-state index contributed by atoms with van der Waals surface area (Å²) >= 11 is 0. The second kappa shape index (κ2) is 7.08. The van der Waals surface area contributed by atoms with Crippen molar-refractivity contribution in [2.24, 2.45) is 0 Å². The van der Waals surface area contributed by atoms with Crippen molar-refractivity contribution in [3.8, 4) is 0 Å². The largest absolute Gasteiger partial charge is 0.370 e. The molecule has 0 saturated carbocycles. The Morgan fingerprint density at radius 3 is 2.85 bits per heavy atom. The van der Waals surface area contributed by atoms with Crippen LogP contribution in [0.3, 0.4) is 0 Å². The van der Waals surface area contributed by atoms with Gasteiger partial charge < -0.3 is 5.32 Å². The topological polar surface area (TPSA) is 42.7 Å². The molecule has 0 aliphatic carbocycles. The number of nitrogens with one attached hydrogen (secondary N) is 1. The first-order valence-corrected chi connectivity index (χ1v) is 7.47. The van der Waals surface area contributed by atoms with Crippen molar-refractivity contribution in [2.75, 3.05) is 11.9 Å². The van der Waals surface area contributed by atoms with Crippen LogP contribution < -0.4 is 5.32 Å². The zero-order valence-electron chi connectivity index (χ0n) is 12.6. The molecule has 4 nitrogen and oxygen atoms in total. The molecule has 4 heteroatoms. The van der Waals surface area contributed by atoms with E-state index >= 15 is 0 Å². The highest BCUT2D eigenvalue weighted by Gasteiger charge is 2.16. The number of anilines is 1. The zero-order valence-corrected chi connectivity index (χ0v) is 12.6. The van der Waals surface area contributed by atoms with Crippen LogP contribution >= 0.6 is 0 Å². The minimum absolute atomic E-state index is 0.295. The van der Waals surface area contributed by atoms with Crippen molar-refractivity contribution in [3.05, 3.63) is 41.9 Å². The number of fused-ring (bicyclic) bond motifs is 1. The Hall–Kier alpha value is -1.84. The molecule has 1 aliphatic heterocycles. The highest BCUT2D eigenvalue weighted by Crippen LogP contribution is 2.25. The van der Waals surface area contributed by atoms with Crippen molar-refractivity contribution in [3.63, 3.8) is 0 Å². The molecule has 3 rings (SSSR count). The molecular formula is C16H24N4. The van der Waals surface area contributed by atoms with Crippen LogP contribution in [-0.4, -0.2) is 21.3 Å². The van der Waals surface area contributed by atoms with Crippen LogP contribution in [0.4, 0.5) is 5.82 Å². The van der Waals surface area contributed by atoms with E-state index in [1.165, 1.54) is 12.0 Å². The zero-order chi connectivity index (χ0) is 14.4. The van der Waals surface area contributed by atoms with E-state index in [1.807, 2.05) is 12.3 Å². The molecule has 0 radical (unpaired) electrons. The lowest BCUT2D eigenvalue weighted by Crippen LogP contribution is -2.17. The van der Waals surface area contributed by atoms with Gasteiger partial charge in [0.25, 0.3) is 0 Å². The van der Waals surface area contributed by atoms with Crippen molar-refractivity contribution >= 4 is 5.82 Å². The first-order valence-electron chi connectivity index (χ1n) is 7.47. The molecule has 20 heavy (non-hydrogen) atoms. The number of hydrogen-bond acceptors (Lipinski definition) is 3. The summed E-state index contributed by atoms with van der Waals surface area (Å²) in [5.74, 6) is 1.44. The van der Waals surface area contributed by atoms with Gasteiger partial charge in [-0.3, -0.25) is 4.98 Å². The maximum absolute atomic E-state index is 4.65. The van der Waals surface area contributed by atoms with E-state index in [-0.39, 0.29) is 0 Å². The summed E-state index contributed by atoms with van der Waals surface area (Å²) in [7, 11) is 0. The smallest absolute Gasteiger partial charge is 0.124 e. The number of hydrogen-bond donors (Lipinski definition) is 1. The Morgan fingerprint density at radius 1 is 1.40 bits per heavy atom. The van der Waals surface area contributed by atoms with Gasteiger partial charge in [0.2, 0.25) is 0 Å². The van der Waals surface area contributed by atoms with Gasteiger partial charge in [0, 0.05) is 37.5 Å². The van der Waals surface area contributed by atoms with E-state index in [9.17, 15) is 0 Å². The SMILES string of the molecule is CC(c1cccnc1)c1cc2n(n1)CCCN2.CCC. The van der Waals surface area contributed by atoms with Crippen LogP contribution in [0.15, 0.2) is 30.6 Å². The fourth-order valence-electron chi connectivity index (χ4n) is 2.21. The first kappa shape index (κ1) is 14.6. The maximum atomic E-state index is 4.65. The highest BCUT2D eigenvalue weighted by atomic mass is 15.3. The molecule has 2 aromatic heterocycles. The average Bonchev–Trinajstić information content (AvgIpc) is 2.92. The molecule has 2 aromatic rings. The van der Waals surface area contributed by atoms with Gasteiger partial charge in [-0.25, -0.2) is 4.68 Å². The third-order valence-electron chi connectivity index (χ3n) is 3.28. The number of pyridine rings is 1. The predicted molar refractivity (Wildman–Crippen MR) is 83.1 cm³/mol. The Labute approximate surface area is 121 Å². The molecule has 0 fully saturated rings. The Kier molecular flexibility index (Phi) is 5.16. The minimum Gasteiger partial charge on any atom is -0.370 e. The molecule has 1 N–H and O–H groups in total. The fraction of sp³-hybridized carbons (Fsp3) is 0.500. The van der Waals surface area contributed by atoms with Gasteiger partial charge in [0.05, 0.1) is 5.69 Å². The lowest BCUT2D eigenvalue weighted by Gasteiger charge is -2.14. The van der Waals surface area contributed by atoms with E-state index in [0.29, 0.717) is 5.92 Å². The standard InChI is InChI=1S/C13H16N4.C3H8/c1-10(11-4-2-5-14-9-11)12-8-13-15-6-3-7-17(13)16-12;1-3-2/h2,4-5,8-10,15H,3,6-7H2,1H3;3H2,1-2H3. The van der Waals surface area contributed by atoms with Crippen molar-refractivity contribution in [2.45, 2.75) is 46.1 Å². The predicted octanol–water partition coefficient (Wildman–Crippen LogP) is 3.66. The Bertz CT molecular complexity index is 495. The quantitative estimate of drug-likeness (QED) is 0.907. The third-order valence-corrected chi connectivity index (χ3v) is 3.28. The van der Waals surface area contributed by atoms with Gasteiger partial charge in [0.15, 0.2) is 0 Å². The number of aromatic nitrogens is 3. The number of nitrogens with zero attached hydrogens (tertiary/aromatic N) is 3. The Balaban J connectivity index is 0.000000452. The van der Waals surface area contributed by atoms with E-state index in [2.05, 4.69) is 53.0 Å². The van der Waals surface area contributed by atoms with E-state index < -0.39 is 0 Å². The lowest BCUT2D eigenvalue weighted by molar-refractivity contribution is 0.559. The number of rotatable bonds is 2. The fourth-order valence-corrected chi connectivity index (χ4v) is 2.21. The minimum atomic E-state index is 0.295. The lowest BCUT2D eigenvalue weighted by atomic mass is 10.00. The van der Waals surface area contributed by atoms with Gasteiger partial charge in [-0.1, -0.05) is 33.3 Å². The van der Waals surface area contributed by atoms with Crippen LogP contribution in [0.25, 0.3) is 0 Å². The molecule has 1 atom stereocenters. The van der Waals surface area contributed by atoms with Crippen LogP contribution in [0.1, 0.15) is 50.8 Å². The third kappa shape index (κ3) is 3.38. The summed E-state index contributed by atoms with van der Waals surface area (Å²) in [6, 6.07) is 6.22. The second-order valence-electron chi connectivity index (χ2n) is 5.17. The molecule has 0 bridgehead atoms. The summed E-state index contributed by atoms with van der Waals surface area (Å²) in [6.07, 6.45) is 6.11. The summed E-state index contributed by atoms with van der Waals surface area (Å²) in [4.78, 5) is 4.16. The highest BCUT2D eigenvalue weighted by molar-refractivity contribution is 5.41. The van der Waals surface area contributed by atoms with Crippen LogP contribution in [0.2, 0.25) is 0 Å². The van der Waals surface area contributed by atoms with Gasteiger partial charge in [-0.15, -0.1) is 0 Å². The Morgan fingerprint density at radius 2 is 2.20 bits per heavy atom. The second-order valence-corrected chi connectivity index (χ2v) is 5.17. The monoisotopic (exact) mass is 272 g/mol. The molecule has 1 unspecified atom stereocenters. The van der Waals surface area contributed by atoms with Crippen molar-refractivity contribution in [1.82, 2.24) is 14.8 Å². The van der Waals surface area contributed by atoms with Gasteiger partial charge in [-0.05, 0) is 18.1 Å². The van der Waals surface area contributed by atoms with E-state index in [1.54, 1.807) is 6.20 Å². The molecule has 1 aliphatic rings. The van der Waals surface area contributed by atoms with Crippen LogP contribution in [-0.2, 0) is 6.54 Å². The molecular weight excluding hydrogens is 248 g/mol. The normalized spacial score (nSPS) is 14.6. The van der Waals surface area contributed by atoms with E-state index in [0.717, 1.165) is 31.0 Å². The van der Waals surface area contributed by atoms with Crippen molar-refractivity contribution in [1.29, 1.82) is 0 Å². The maximum Gasteiger partial charge on any atom is 0.124 e. The summed E-state index contributed by atoms with van der Waals surface area (Å²) < 4.78 is 2.06. The summed E-state index contributed by atoms with van der Waals surface area (Å²) in [5.41, 5.74) is 2.32. The first-order chi connectivity index (χ1) is 9.76. The van der Waals surface area contributed by atoms with Crippen LogP contribution in [0.5, 0.6) is 0 Å². The number of aryl methyl sites for hydroxylation is 1. The van der Waals surface area contributed by atoms with E-state index in [4.69, 9.17) is 0 Å². The van der Waals surface area contributed by atoms with Gasteiger partial charge in [-0.2, -0.15) is 5.10 Å². The van der Waals surface area contributed by atoms with Crippen molar-refractivity contribution < 1.29 is 0 Å². The summed E-state index contributed by atoms with van der Waals surface area (Å²) in [5, 5.41) is 8.03. The van der Waals surface area contributed by atoms with Gasteiger partial charge in [0.1, 0.15) is 5.82 Å². The molecule has 108 valence electrons.